The maximum Gasteiger partial charge on any atom is 0.249 e. The van der Waals surface area contributed by atoms with Crippen LogP contribution in [0.5, 0.6) is 0 Å². The van der Waals surface area contributed by atoms with Gasteiger partial charge in [0.15, 0.2) is 5.82 Å². The molecular formula is C18H20FN5O2. The van der Waals surface area contributed by atoms with Crippen LogP contribution in [0.3, 0.4) is 0 Å². The van der Waals surface area contributed by atoms with E-state index in [0.717, 1.165) is 25.1 Å². The van der Waals surface area contributed by atoms with Crippen LogP contribution in [0.15, 0.2) is 36.8 Å². The molecule has 26 heavy (non-hydrogen) atoms. The smallest absolute Gasteiger partial charge is 0.249 e. The van der Waals surface area contributed by atoms with Crippen LogP contribution in [0, 0.1) is 5.82 Å². The molecule has 0 radical (unpaired) electrons. The lowest BCUT2D eigenvalue weighted by Crippen LogP contribution is -2.48. The number of pyridine rings is 1. The van der Waals surface area contributed by atoms with E-state index in [1.807, 2.05) is 23.1 Å². The largest absolute Gasteiger partial charge is 0.363 e. The van der Waals surface area contributed by atoms with Crippen molar-refractivity contribution in [3.05, 3.63) is 48.3 Å². The van der Waals surface area contributed by atoms with Crippen molar-refractivity contribution in [1.29, 1.82) is 0 Å². The Bertz CT molecular complexity index is 758. The van der Waals surface area contributed by atoms with Gasteiger partial charge in [0, 0.05) is 12.7 Å². The number of aromatic nitrogens is 3. The Labute approximate surface area is 150 Å². The molecule has 1 amide bonds. The third-order valence-corrected chi connectivity index (χ3v) is 4.87. The fourth-order valence-electron chi connectivity index (χ4n) is 3.62. The molecule has 0 spiro atoms. The van der Waals surface area contributed by atoms with E-state index in [1.165, 1.54) is 12.4 Å². The molecule has 3 atom stereocenters. The van der Waals surface area contributed by atoms with E-state index >= 15 is 0 Å². The van der Waals surface area contributed by atoms with Gasteiger partial charge in [0.1, 0.15) is 6.10 Å². The first-order chi connectivity index (χ1) is 12.7. The first kappa shape index (κ1) is 16.8. The SMILES string of the molecule is O=C(NCc1ccccn1)[C@@H]1CC[C@@H]2[C@@H](CCN2c2ncc(F)cn2)O1. The van der Waals surface area contributed by atoms with E-state index in [2.05, 4.69) is 20.3 Å². The molecule has 2 fully saturated rings. The fraction of sp³-hybridized carbons (Fsp3) is 0.444. The number of anilines is 1. The maximum atomic E-state index is 13.0. The average Bonchev–Trinajstić information content (AvgIpc) is 3.11. The third kappa shape index (κ3) is 3.50. The highest BCUT2D eigenvalue weighted by molar-refractivity contribution is 5.80. The van der Waals surface area contributed by atoms with Gasteiger partial charge in [-0.1, -0.05) is 6.07 Å². The molecule has 2 aromatic heterocycles. The topological polar surface area (TPSA) is 80.2 Å². The van der Waals surface area contributed by atoms with Gasteiger partial charge in [-0.3, -0.25) is 9.78 Å². The summed E-state index contributed by atoms with van der Waals surface area (Å²) in [5, 5.41) is 2.89. The molecule has 4 heterocycles. The number of ether oxygens (including phenoxy) is 1. The Morgan fingerprint density at radius 3 is 2.85 bits per heavy atom. The Morgan fingerprint density at radius 1 is 1.23 bits per heavy atom. The number of hydrogen-bond donors (Lipinski definition) is 1. The highest BCUT2D eigenvalue weighted by atomic mass is 19.1. The highest BCUT2D eigenvalue weighted by Gasteiger charge is 2.42. The number of fused-ring (bicyclic) bond motifs is 1. The van der Waals surface area contributed by atoms with Gasteiger partial charge in [0.25, 0.3) is 0 Å². The van der Waals surface area contributed by atoms with Gasteiger partial charge < -0.3 is 15.0 Å². The Morgan fingerprint density at radius 2 is 2.08 bits per heavy atom. The van der Waals surface area contributed by atoms with Crippen molar-refractivity contribution in [3.63, 3.8) is 0 Å². The Hall–Kier alpha value is -2.61. The molecular weight excluding hydrogens is 337 g/mol. The number of halogens is 1. The molecule has 4 rings (SSSR count). The van der Waals surface area contributed by atoms with Crippen molar-refractivity contribution < 1.29 is 13.9 Å². The average molecular weight is 357 g/mol. The quantitative estimate of drug-likeness (QED) is 0.892. The van der Waals surface area contributed by atoms with Gasteiger partial charge in [-0.25, -0.2) is 14.4 Å². The summed E-state index contributed by atoms with van der Waals surface area (Å²) in [6.07, 6.45) is 5.81. The maximum absolute atomic E-state index is 13.0. The van der Waals surface area contributed by atoms with Gasteiger partial charge >= 0.3 is 0 Å². The van der Waals surface area contributed by atoms with Gasteiger partial charge in [-0.2, -0.15) is 0 Å². The van der Waals surface area contributed by atoms with Crippen molar-refractivity contribution in [2.24, 2.45) is 0 Å². The molecule has 0 aromatic carbocycles. The first-order valence-corrected chi connectivity index (χ1v) is 8.78. The van der Waals surface area contributed by atoms with E-state index < -0.39 is 11.9 Å². The summed E-state index contributed by atoms with van der Waals surface area (Å²) in [7, 11) is 0. The predicted octanol–water partition coefficient (Wildman–Crippen LogP) is 1.45. The van der Waals surface area contributed by atoms with Crippen LogP contribution in [0.1, 0.15) is 25.0 Å². The zero-order valence-corrected chi connectivity index (χ0v) is 14.2. The summed E-state index contributed by atoms with van der Waals surface area (Å²) in [5.41, 5.74) is 0.815. The Kier molecular flexibility index (Phi) is 4.75. The van der Waals surface area contributed by atoms with Crippen LogP contribution in [-0.2, 0) is 16.1 Å². The third-order valence-electron chi connectivity index (χ3n) is 4.87. The minimum atomic E-state index is -0.450. The molecule has 2 aliphatic rings. The number of carbonyl (C=O) groups excluding carboxylic acids is 1. The van der Waals surface area contributed by atoms with Crippen LogP contribution in [0.4, 0.5) is 10.3 Å². The van der Waals surface area contributed by atoms with E-state index in [1.54, 1.807) is 6.20 Å². The molecule has 2 saturated heterocycles. The van der Waals surface area contributed by atoms with Gasteiger partial charge in [0.2, 0.25) is 11.9 Å². The summed E-state index contributed by atoms with van der Waals surface area (Å²) in [6.45, 7) is 1.13. The summed E-state index contributed by atoms with van der Waals surface area (Å²) in [6, 6.07) is 5.73. The predicted molar refractivity (Wildman–Crippen MR) is 91.7 cm³/mol. The molecule has 7 nitrogen and oxygen atoms in total. The van der Waals surface area contributed by atoms with Crippen molar-refractivity contribution >= 4 is 11.9 Å². The van der Waals surface area contributed by atoms with E-state index in [4.69, 9.17) is 4.74 Å². The second-order valence-electron chi connectivity index (χ2n) is 6.53. The lowest BCUT2D eigenvalue weighted by Gasteiger charge is -2.35. The summed E-state index contributed by atoms with van der Waals surface area (Å²) < 4.78 is 19.1. The molecule has 8 heteroatoms. The lowest BCUT2D eigenvalue weighted by atomic mass is 9.98. The van der Waals surface area contributed by atoms with Crippen LogP contribution in [0.25, 0.3) is 0 Å². The normalized spacial score (nSPS) is 25.0. The molecule has 0 aliphatic carbocycles. The second-order valence-corrected chi connectivity index (χ2v) is 6.53. The lowest BCUT2D eigenvalue weighted by molar-refractivity contribution is -0.141. The zero-order valence-electron chi connectivity index (χ0n) is 14.2. The second kappa shape index (κ2) is 7.33. The molecule has 0 saturated carbocycles. The summed E-state index contributed by atoms with van der Waals surface area (Å²) >= 11 is 0. The number of carbonyl (C=O) groups is 1. The Balaban J connectivity index is 1.34. The monoisotopic (exact) mass is 357 g/mol. The van der Waals surface area contributed by atoms with Gasteiger partial charge in [-0.05, 0) is 31.4 Å². The van der Waals surface area contributed by atoms with Crippen LogP contribution in [-0.4, -0.2) is 45.7 Å². The molecule has 1 N–H and O–H groups in total. The van der Waals surface area contributed by atoms with Crippen molar-refractivity contribution in [2.75, 3.05) is 11.4 Å². The van der Waals surface area contributed by atoms with Gasteiger partial charge in [-0.15, -0.1) is 0 Å². The molecule has 0 unspecified atom stereocenters. The number of nitrogens with zero attached hydrogens (tertiary/aromatic N) is 4. The van der Waals surface area contributed by atoms with Gasteiger partial charge in [0.05, 0.1) is 36.8 Å². The molecule has 2 aromatic rings. The number of rotatable bonds is 4. The zero-order chi connectivity index (χ0) is 17.9. The molecule has 136 valence electrons. The highest BCUT2D eigenvalue weighted by Crippen LogP contribution is 2.33. The van der Waals surface area contributed by atoms with Crippen molar-refractivity contribution in [1.82, 2.24) is 20.3 Å². The number of nitrogens with one attached hydrogen (secondary N) is 1. The number of amides is 1. The molecule has 0 bridgehead atoms. The molecule has 2 aliphatic heterocycles. The van der Waals surface area contributed by atoms with E-state index in [-0.39, 0.29) is 18.1 Å². The van der Waals surface area contributed by atoms with Crippen molar-refractivity contribution in [2.45, 2.75) is 44.1 Å². The fourth-order valence-corrected chi connectivity index (χ4v) is 3.62. The summed E-state index contributed by atoms with van der Waals surface area (Å²) in [4.78, 5) is 26.8. The number of hydrogen-bond acceptors (Lipinski definition) is 6. The van der Waals surface area contributed by atoms with E-state index in [0.29, 0.717) is 18.9 Å². The standard InChI is InChI=1S/C18H20FN5O2/c19-12-9-22-18(23-10-12)24-8-6-15-14(24)4-5-16(26-15)17(25)21-11-13-3-1-2-7-20-13/h1-3,7,9-10,14-16H,4-6,8,11H2,(H,21,25)/t14-,15-,16+/m1/s1. The van der Waals surface area contributed by atoms with Crippen LogP contribution in [0.2, 0.25) is 0 Å². The van der Waals surface area contributed by atoms with Crippen LogP contribution >= 0.6 is 0 Å². The summed E-state index contributed by atoms with van der Waals surface area (Å²) in [5.74, 6) is -0.0415. The van der Waals surface area contributed by atoms with Crippen LogP contribution < -0.4 is 10.2 Å². The minimum absolute atomic E-state index is 0.0389. The first-order valence-electron chi connectivity index (χ1n) is 8.78. The van der Waals surface area contributed by atoms with E-state index in [9.17, 15) is 9.18 Å². The minimum Gasteiger partial charge on any atom is -0.363 e. The van der Waals surface area contributed by atoms with Crippen molar-refractivity contribution in [3.8, 4) is 0 Å².